The number of ether oxygens (including phenoxy) is 1. The second kappa shape index (κ2) is 7.29. The molecule has 0 aliphatic carbocycles. The predicted molar refractivity (Wildman–Crippen MR) is 79.8 cm³/mol. The highest BCUT2D eigenvalue weighted by Crippen LogP contribution is 2.30. The van der Waals surface area contributed by atoms with E-state index in [1.165, 1.54) is 5.56 Å². The van der Waals surface area contributed by atoms with Gasteiger partial charge < -0.3 is 15.4 Å². The number of likely N-dealkylation sites (tertiary alicyclic amines) is 1. The molecule has 20 heavy (non-hydrogen) atoms. The molecule has 1 amide bonds. The Morgan fingerprint density at radius 2 is 2.15 bits per heavy atom. The molecular weight excluding hydrogens is 252 g/mol. The second-order valence-corrected chi connectivity index (χ2v) is 5.32. The molecule has 1 aromatic carbocycles. The molecule has 1 saturated heterocycles. The van der Waals surface area contributed by atoms with E-state index in [0.29, 0.717) is 18.9 Å². The second-order valence-electron chi connectivity index (χ2n) is 5.32. The molecule has 0 saturated carbocycles. The zero-order valence-electron chi connectivity index (χ0n) is 12.2. The average Bonchev–Trinajstić information content (AvgIpc) is 2.52. The van der Waals surface area contributed by atoms with Crippen molar-refractivity contribution < 1.29 is 9.53 Å². The van der Waals surface area contributed by atoms with Gasteiger partial charge in [-0.3, -0.25) is 4.79 Å². The fraction of sp³-hybridized carbons (Fsp3) is 0.562. The summed E-state index contributed by atoms with van der Waals surface area (Å²) >= 11 is 0. The number of nitrogens with two attached hydrogens (primary N) is 1. The van der Waals surface area contributed by atoms with Gasteiger partial charge in [-0.15, -0.1) is 0 Å². The Morgan fingerprint density at radius 3 is 2.80 bits per heavy atom. The first-order valence-electron chi connectivity index (χ1n) is 7.36. The predicted octanol–water partition coefficient (Wildman–Crippen LogP) is 2.14. The van der Waals surface area contributed by atoms with Crippen molar-refractivity contribution in [3.63, 3.8) is 0 Å². The van der Waals surface area contributed by atoms with Gasteiger partial charge in [-0.25, -0.2) is 0 Å². The molecule has 0 radical (unpaired) electrons. The zero-order valence-corrected chi connectivity index (χ0v) is 12.2. The maximum absolute atomic E-state index is 12.0. The van der Waals surface area contributed by atoms with Crippen molar-refractivity contribution in [2.45, 2.75) is 31.6 Å². The van der Waals surface area contributed by atoms with Crippen LogP contribution in [0.25, 0.3) is 0 Å². The van der Waals surface area contributed by atoms with Gasteiger partial charge in [-0.05, 0) is 49.4 Å². The van der Waals surface area contributed by atoms with E-state index in [-0.39, 0.29) is 5.91 Å². The molecule has 0 spiro atoms. The van der Waals surface area contributed by atoms with Crippen LogP contribution in [0.15, 0.2) is 24.3 Å². The van der Waals surface area contributed by atoms with Gasteiger partial charge in [-0.2, -0.15) is 0 Å². The molecule has 2 N–H and O–H groups in total. The normalized spacial score (nSPS) is 16.2. The van der Waals surface area contributed by atoms with Gasteiger partial charge >= 0.3 is 0 Å². The van der Waals surface area contributed by atoms with E-state index in [4.69, 9.17) is 10.5 Å². The van der Waals surface area contributed by atoms with Crippen molar-refractivity contribution >= 4 is 5.91 Å². The Balaban J connectivity index is 1.88. The molecule has 0 bridgehead atoms. The fourth-order valence-electron chi connectivity index (χ4n) is 2.77. The summed E-state index contributed by atoms with van der Waals surface area (Å²) in [6.45, 7) is 2.29. The first-order valence-corrected chi connectivity index (χ1v) is 7.36. The van der Waals surface area contributed by atoms with E-state index in [1.54, 1.807) is 7.11 Å². The van der Waals surface area contributed by atoms with Crippen molar-refractivity contribution in [2.24, 2.45) is 5.73 Å². The first-order chi connectivity index (χ1) is 9.74. The maximum Gasteiger partial charge on any atom is 0.222 e. The zero-order chi connectivity index (χ0) is 14.4. The lowest BCUT2D eigenvalue weighted by atomic mass is 9.89. The Hall–Kier alpha value is -1.55. The molecule has 4 nitrogen and oxygen atoms in total. The molecule has 1 aliphatic heterocycles. The van der Waals surface area contributed by atoms with E-state index in [1.807, 2.05) is 17.0 Å². The highest BCUT2D eigenvalue weighted by molar-refractivity contribution is 5.76. The van der Waals surface area contributed by atoms with E-state index in [2.05, 4.69) is 12.1 Å². The molecule has 110 valence electrons. The van der Waals surface area contributed by atoms with Crippen molar-refractivity contribution in [1.29, 1.82) is 0 Å². The Morgan fingerprint density at radius 1 is 1.40 bits per heavy atom. The first kappa shape index (κ1) is 14.9. The molecule has 2 rings (SSSR count). The number of hydrogen-bond donors (Lipinski definition) is 1. The lowest BCUT2D eigenvalue weighted by Crippen LogP contribution is -2.38. The quantitative estimate of drug-likeness (QED) is 0.896. The van der Waals surface area contributed by atoms with Crippen LogP contribution in [-0.4, -0.2) is 37.6 Å². The average molecular weight is 276 g/mol. The van der Waals surface area contributed by atoms with Crippen LogP contribution in [0.3, 0.4) is 0 Å². The molecule has 4 heteroatoms. The smallest absolute Gasteiger partial charge is 0.222 e. The van der Waals surface area contributed by atoms with Crippen molar-refractivity contribution in [3.8, 4) is 5.75 Å². The summed E-state index contributed by atoms with van der Waals surface area (Å²) in [4.78, 5) is 13.9. The molecule has 1 aromatic rings. The van der Waals surface area contributed by atoms with Crippen molar-refractivity contribution in [3.05, 3.63) is 29.8 Å². The van der Waals surface area contributed by atoms with Crippen LogP contribution in [-0.2, 0) is 4.79 Å². The van der Waals surface area contributed by atoms with Crippen LogP contribution >= 0.6 is 0 Å². The summed E-state index contributed by atoms with van der Waals surface area (Å²) in [5, 5.41) is 0. The van der Waals surface area contributed by atoms with Crippen LogP contribution in [0.1, 0.15) is 37.2 Å². The number of rotatable bonds is 5. The van der Waals surface area contributed by atoms with Gasteiger partial charge in [0.15, 0.2) is 0 Å². The summed E-state index contributed by atoms with van der Waals surface area (Å²) in [6.07, 6.45) is 3.43. The summed E-state index contributed by atoms with van der Waals surface area (Å²) in [7, 11) is 1.69. The minimum absolute atomic E-state index is 0.250. The molecule has 0 unspecified atom stereocenters. The number of benzene rings is 1. The third-order valence-electron chi connectivity index (χ3n) is 4.01. The third-order valence-corrected chi connectivity index (χ3v) is 4.01. The summed E-state index contributed by atoms with van der Waals surface area (Å²) < 4.78 is 5.27. The van der Waals surface area contributed by atoms with Crippen LogP contribution < -0.4 is 10.5 Å². The number of methoxy groups -OCH3 is 1. The SMILES string of the molecule is COc1cccc(C2CCN(C(=O)CCCN)CC2)c1. The highest BCUT2D eigenvalue weighted by Gasteiger charge is 2.23. The third kappa shape index (κ3) is 3.73. The topological polar surface area (TPSA) is 55.6 Å². The lowest BCUT2D eigenvalue weighted by Gasteiger charge is -2.32. The monoisotopic (exact) mass is 276 g/mol. The number of carbonyl (C=O) groups excluding carboxylic acids is 1. The standard InChI is InChI=1S/C16H24N2O2/c1-20-15-5-2-4-14(12-15)13-7-10-18(11-8-13)16(19)6-3-9-17/h2,4-5,12-13H,3,6-11,17H2,1H3. The largest absolute Gasteiger partial charge is 0.497 e. The number of amides is 1. The Bertz CT molecular complexity index is 440. The fourth-order valence-corrected chi connectivity index (χ4v) is 2.77. The van der Waals surface area contributed by atoms with Crippen LogP contribution in [0, 0.1) is 0 Å². The lowest BCUT2D eigenvalue weighted by molar-refractivity contribution is -0.132. The van der Waals surface area contributed by atoms with Crippen molar-refractivity contribution in [2.75, 3.05) is 26.7 Å². The molecule has 0 atom stereocenters. The summed E-state index contributed by atoms with van der Waals surface area (Å²) in [5.74, 6) is 1.69. The molecule has 1 aliphatic rings. The summed E-state index contributed by atoms with van der Waals surface area (Å²) in [6, 6.07) is 8.26. The Kier molecular flexibility index (Phi) is 5.41. The highest BCUT2D eigenvalue weighted by atomic mass is 16.5. The van der Waals surface area contributed by atoms with Crippen molar-refractivity contribution in [1.82, 2.24) is 4.90 Å². The Labute approximate surface area is 120 Å². The molecule has 1 fully saturated rings. The number of carbonyl (C=O) groups is 1. The summed E-state index contributed by atoms with van der Waals surface area (Å²) in [5.41, 5.74) is 6.77. The van der Waals surface area contributed by atoms with Crippen LogP contribution in [0.2, 0.25) is 0 Å². The van der Waals surface area contributed by atoms with Gasteiger partial charge in [0.1, 0.15) is 5.75 Å². The maximum atomic E-state index is 12.0. The van der Waals surface area contributed by atoms with E-state index in [9.17, 15) is 4.79 Å². The van der Waals surface area contributed by atoms with Gasteiger partial charge in [-0.1, -0.05) is 12.1 Å². The van der Waals surface area contributed by atoms with Gasteiger partial charge in [0.25, 0.3) is 0 Å². The van der Waals surface area contributed by atoms with Gasteiger partial charge in [0.05, 0.1) is 7.11 Å². The number of hydrogen-bond acceptors (Lipinski definition) is 3. The van der Waals surface area contributed by atoms with Crippen LogP contribution in [0.5, 0.6) is 5.75 Å². The number of piperidine rings is 1. The van der Waals surface area contributed by atoms with Gasteiger partial charge in [0, 0.05) is 19.5 Å². The van der Waals surface area contributed by atoms with E-state index in [0.717, 1.165) is 38.1 Å². The van der Waals surface area contributed by atoms with E-state index < -0.39 is 0 Å². The van der Waals surface area contributed by atoms with E-state index >= 15 is 0 Å². The minimum atomic E-state index is 0.250. The molecule has 0 aromatic heterocycles. The molecular formula is C16H24N2O2. The minimum Gasteiger partial charge on any atom is -0.497 e. The van der Waals surface area contributed by atoms with Gasteiger partial charge in [0.2, 0.25) is 5.91 Å². The van der Waals surface area contributed by atoms with Crippen LogP contribution in [0.4, 0.5) is 0 Å². The number of nitrogens with zero attached hydrogens (tertiary/aromatic N) is 1. The molecule has 1 heterocycles.